The summed E-state index contributed by atoms with van der Waals surface area (Å²) in [6, 6.07) is 0.578. The zero-order valence-electron chi connectivity index (χ0n) is 13.7. The van der Waals surface area contributed by atoms with Crippen LogP contribution in [0.1, 0.15) is 53.4 Å². The number of carbonyl (C=O) groups is 1. The Morgan fingerprint density at radius 3 is 2.20 bits per heavy atom. The van der Waals surface area contributed by atoms with E-state index in [1.165, 1.54) is 12.8 Å². The average Bonchev–Trinajstić information content (AvgIpc) is 2.39. The highest BCUT2D eigenvalue weighted by Gasteiger charge is 2.06. The van der Waals surface area contributed by atoms with Crippen LogP contribution in [0.4, 0.5) is 0 Å². The molecule has 0 saturated heterocycles. The van der Waals surface area contributed by atoms with Gasteiger partial charge >= 0.3 is 0 Å². The molecule has 0 aliphatic rings. The molecule has 1 N–H and O–H groups in total. The Morgan fingerprint density at radius 1 is 0.900 bits per heavy atom. The SMILES string of the molecule is CC(C)NCCCCCOCCCOCC(=O)C(C)C. The van der Waals surface area contributed by atoms with E-state index in [1.54, 1.807) is 0 Å². The van der Waals surface area contributed by atoms with Crippen molar-refractivity contribution in [1.82, 2.24) is 5.32 Å². The molecule has 0 spiro atoms. The molecule has 0 aliphatic heterocycles. The average molecular weight is 287 g/mol. The number of ketones is 1. The fourth-order valence-corrected chi connectivity index (χ4v) is 1.60. The molecule has 0 unspecified atom stereocenters. The second-order valence-electron chi connectivity index (χ2n) is 5.81. The highest BCUT2D eigenvalue weighted by molar-refractivity contribution is 5.81. The third kappa shape index (κ3) is 14.0. The van der Waals surface area contributed by atoms with Gasteiger partial charge in [-0.2, -0.15) is 0 Å². The zero-order valence-corrected chi connectivity index (χ0v) is 13.7. The lowest BCUT2D eigenvalue weighted by Gasteiger charge is -2.08. The van der Waals surface area contributed by atoms with E-state index >= 15 is 0 Å². The molecule has 20 heavy (non-hydrogen) atoms. The largest absolute Gasteiger partial charge is 0.381 e. The Morgan fingerprint density at radius 2 is 1.55 bits per heavy atom. The van der Waals surface area contributed by atoms with Crippen LogP contribution >= 0.6 is 0 Å². The van der Waals surface area contributed by atoms with Crippen LogP contribution in [0.15, 0.2) is 0 Å². The molecule has 0 amide bonds. The minimum atomic E-state index is 0.0661. The summed E-state index contributed by atoms with van der Waals surface area (Å²) >= 11 is 0. The fraction of sp³-hybridized carbons (Fsp3) is 0.938. The van der Waals surface area contributed by atoms with Crippen molar-refractivity contribution in [2.75, 3.05) is 33.0 Å². The minimum Gasteiger partial charge on any atom is -0.381 e. The van der Waals surface area contributed by atoms with Gasteiger partial charge in [-0.25, -0.2) is 0 Å². The molecule has 0 aromatic heterocycles. The van der Waals surface area contributed by atoms with Gasteiger partial charge in [-0.15, -0.1) is 0 Å². The third-order valence-electron chi connectivity index (χ3n) is 2.98. The zero-order chi connectivity index (χ0) is 15.2. The van der Waals surface area contributed by atoms with E-state index < -0.39 is 0 Å². The first kappa shape index (κ1) is 19.6. The Hall–Kier alpha value is -0.450. The standard InChI is InChI=1S/C16H33NO3/c1-14(2)16(18)13-20-12-8-11-19-10-7-5-6-9-17-15(3)4/h14-15,17H,5-13H2,1-4H3. The Kier molecular flexibility index (Phi) is 13.2. The van der Waals surface area contributed by atoms with Crippen LogP contribution in [0.5, 0.6) is 0 Å². The molecular formula is C16H33NO3. The molecule has 0 fully saturated rings. The summed E-state index contributed by atoms with van der Waals surface area (Å²) < 4.78 is 10.8. The van der Waals surface area contributed by atoms with E-state index in [9.17, 15) is 4.79 Å². The molecule has 0 rings (SSSR count). The van der Waals surface area contributed by atoms with Crippen molar-refractivity contribution >= 4 is 5.78 Å². The molecule has 4 nitrogen and oxygen atoms in total. The minimum absolute atomic E-state index is 0.0661. The first-order chi connectivity index (χ1) is 9.54. The highest BCUT2D eigenvalue weighted by atomic mass is 16.5. The summed E-state index contributed by atoms with van der Waals surface area (Å²) in [7, 11) is 0. The topological polar surface area (TPSA) is 47.6 Å². The third-order valence-corrected chi connectivity index (χ3v) is 2.98. The van der Waals surface area contributed by atoms with Crippen molar-refractivity contribution in [3.05, 3.63) is 0 Å². The monoisotopic (exact) mass is 287 g/mol. The molecule has 0 saturated carbocycles. The van der Waals surface area contributed by atoms with Crippen LogP contribution in [0.3, 0.4) is 0 Å². The van der Waals surface area contributed by atoms with Crippen LogP contribution in [0, 0.1) is 5.92 Å². The van der Waals surface area contributed by atoms with E-state index in [4.69, 9.17) is 9.47 Å². The van der Waals surface area contributed by atoms with Crippen molar-refractivity contribution in [2.24, 2.45) is 5.92 Å². The van der Waals surface area contributed by atoms with Crippen molar-refractivity contribution in [1.29, 1.82) is 0 Å². The van der Waals surface area contributed by atoms with E-state index in [0.29, 0.717) is 12.6 Å². The molecule has 120 valence electrons. The summed E-state index contributed by atoms with van der Waals surface area (Å²) in [6.07, 6.45) is 4.40. The quantitative estimate of drug-likeness (QED) is 0.499. The maximum Gasteiger partial charge on any atom is 0.160 e. The molecule has 0 atom stereocenters. The number of hydrogen-bond donors (Lipinski definition) is 1. The molecule has 0 bridgehead atoms. The number of carbonyl (C=O) groups excluding carboxylic acids is 1. The van der Waals surface area contributed by atoms with Crippen LogP contribution in [0.25, 0.3) is 0 Å². The second kappa shape index (κ2) is 13.5. The Bertz CT molecular complexity index is 230. The lowest BCUT2D eigenvalue weighted by Crippen LogP contribution is -2.23. The van der Waals surface area contributed by atoms with Gasteiger partial charge in [0.05, 0.1) is 0 Å². The van der Waals surface area contributed by atoms with Crippen molar-refractivity contribution < 1.29 is 14.3 Å². The van der Waals surface area contributed by atoms with Gasteiger partial charge in [-0.1, -0.05) is 27.7 Å². The van der Waals surface area contributed by atoms with Crippen LogP contribution < -0.4 is 5.32 Å². The molecule has 0 aliphatic carbocycles. The van der Waals surface area contributed by atoms with Crippen molar-refractivity contribution in [3.8, 4) is 0 Å². The number of rotatable bonds is 14. The van der Waals surface area contributed by atoms with Gasteiger partial charge in [-0.05, 0) is 32.2 Å². The molecule has 4 heteroatoms. The summed E-state index contributed by atoms with van der Waals surface area (Å²) in [5.74, 6) is 0.234. The number of Topliss-reactive ketones (excluding diaryl/α,β-unsaturated/α-hetero) is 1. The molecule has 0 aromatic carbocycles. The van der Waals surface area contributed by atoms with E-state index in [0.717, 1.165) is 32.6 Å². The maximum absolute atomic E-state index is 11.3. The lowest BCUT2D eigenvalue weighted by molar-refractivity contribution is -0.126. The molecule has 0 aromatic rings. The van der Waals surface area contributed by atoms with Crippen LogP contribution in [-0.4, -0.2) is 44.8 Å². The van der Waals surface area contributed by atoms with Gasteiger partial charge in [0.15, 0.2) is 5.78 Å². The Labute approximate surface area is 124 Å². The number of unbranched alkanes of at least 4 members (excludes halogenated alkanes) is 2. The Balaban J connectivity index is 3.08. The summed E-state index contributed by atoms with van der Waals surface area (Å²) in [6.45, 7) is 11.6. The number of hydrogen-bond acceptors (Lipinski definition) is 4. The smallest absolute Gasteiger partial charge is 0.160 e. The highest BCUT2D eigenvalue weighted by Crippen LogP contribution is 1.97. The first-order valence-electron chi connectivity index (χ1n) is 7.95. The van der Waals surface area contributed by atoms with Crippen molar-refractivity contribution in [3.63, 3.8) is 0 Å². The van der Waals surface area contributed by atoms with Gasteiger partial charge < -0.3 is 14.8 Å². The van der Waals surface area contributed by atoms with Gasteiger partial charge in [0.25, 0.3) is 0 Å². The van der Waals surface area contributed by atoms with E-state index in [1.807, 2.05) is 13.8 Å². The number of ether oxygens (including phenoxy) is 2. The van der Waals surface area contributed by atoms with E-state index in [-0.39, 0.29) is 18.3 Å². The summed E-state index contributed by atoms with van der Waals surface area (Å²) in [4.78, 5) is 11.3. The maximum atomic E-state index is 11.3. The normalized spacial score (nSPS) is 11.5. The predicted molar refractivity (Wildman–Crippen MR) is 83.1 cm³/mol. The molecule has 0 radical (unpaired) electrons. The molecule has 0 heterocycles. The van der Waals surface area contributed by atoms with Gasteiger partial charge in [0, 0.05) is 31.8 Å². The fourth-order valence-electron chi connectivity index (χ4n) is 1.60. The van der Waals surface area contributed by atoms with Gasteiger partial charge in [0.2, 0.25) is 0 Å². The summed E-state index contributed by atoms with van der Waals surface area (Å²) in [5.41, 5.74) is 0. The lowest BCUT2D eigenvalue weighted by atomic mass is 10.1. The van der Waals surface area contributed by atoms with Gasteiger partial charge in [0.1, 0.15) is 6.61 Å². The van der Waals surface area contributed by atoms with E-state index in [2.05, 4.69) is 19.2 Å². The van der Waals surface area contributed by atoms with Crippen LogP contribution in [0.2, 0.25) is 0 Å². The van der Waals surface area contributed by atoms with Crippen LogP contribution in [-0.2, 0) is 14.3 Å². The summed E-state index contributed by atoms with van der Waals surface area (Å²) in [5, 5.41) is 3.40. The van der Waals surface area contributed by atoms with Gasteiger partial charge in [-0.3, -0.25) is 4.79 Å². The van der Waals surface area contributed by atoms with Crippen molar-refractivity contribution in [2.45, 2.75) is 59.4 Å². The number of nitrogens with one attached hydrogen (secondary N) is 1. The molecular weight excluding hydrogens is 254 g/mol. The first-order valence-corrected chi connectivity index (χ1v) is 7.95. The predicted octanol–water partition coefficient (Wildman–Crippen LogP) is 2.80. The second-order valence-corrected chi connectivity index (χ2v) is 5.81.